The predicted octanol–water partition coefficient (Wildman–Crippen LogP) is 1.40. The lowest BCUT2D eigenvalue weighted by molar-refractivity contribution is -0.123. The maximum atomic E-state index is 11.3. The Kier molecular flexibility index (Phi) is 12.5. The summed E-state index contributed by atoms with van der Waals surface area (Å²) in [5, 5.41) is 6.66. The average molecular weight is 439 g/mol. The standard InChI is InChI=1S/C16H33N5O.HI/c1-13(2)7-9-20-16(18-3)19-8-5-11-21-10-4-6-14(12-21)15(17)22;/h13-14H,4-12H2,1-3H3,(H2,17,22)(H2,18,19,20);1H. The number of nitrogens with two attached hydrogens (primary N) is 1. The van der Waals surface area contributed by atoms with Crippen molar-refractivity contribution < 1.29 is 4.79 Å². The van der Waals surface area contributed by atoms with Crippen LogP contribution in [0.2, 0.25) is 0 Å². The zero-order valence-electron chi connectivity index (χ0n) is 14.8. The molecule has 7 heteroatoms. The van der Waals surface area contributed by atoms with Crippen molar-refractivity contribution in [1.29, 1.82) is 0 Å². The van der Waals surface area contributed by atoms with Crippen LogP contribution < -0.4 is 16.4 Å². The van der Waals surface area contributed by atoms with Crippen LogP contribution in [0, 0.1) is 11.8 Å². The first-order valence-electron chi connectivity index (χ1n) is 8.49. The number of hydrogen-bond donors (Lipinski definition) is 3. The van der Waals surface area contributed by atoms with Crippen LogP contribution in [0.1, 0.15) is 39.5 Å². The number of likely N-dealkylation sites (tertiary alicyclic amines) is 1. The Morgan fingerprint density at radius 3 is 2.65 bits per heavy atom. The van der Waals surface area contributed by atoms with E-state index in [1.807, 2.05) is 0 Å². The Bertz CT molecular complexity index is 362. The summed E-state index contributed by atoms with van der Waals surface area (Å²) in [6.07, 6.45) is 4.19. The van der Waals surface area contributed by atoms with E-state index < -0.39 is 0 Å². The van der Waals surface area contributed by atoms with E-state index in [4.69, 9.17) is 5.73 Å². The maximum absolute atomic E-state index is 11.3. The minimum atomic E-state index is -0.155. The van der Waals surface area contributed by atoms with Crippen molar-refractivity contribution in [2.24, 2.45) is 22.6 Å². The fraction of sp³-hybridized carbons (Fsp3) is 0.875. The van der Waals surface area contributed by atoms with Crippen LogP contribution >= 0.6 is 24.0 Å². The normalized spacial score (nSPS) is 19.3. The summed E-state index contributed by atoms with van der Waals surface area (Å²) in [5.41, 5.74) is 5.41. The van der Waals surface area contributed by atoms with E-state index in [0.717, 1.165) is 64.4 Å². The fourth-order valence-electron chi connectivity index (χ4n) is 2.70. The molecule has 1 saturated heterocycles. The van der Waals surface area contributed by atoms with Gasteiger partial charge in [-0.05, 0) is 44.7 Å². The van der Waals surface area contributed by atoms with Gasteiger partial charge in [0.25, 0.3) is 0 Å². The van der Waals surface area contributed by atoms with Gasteiger partial charge in [-0.1, -0.05) is 13.8 Å². The molecule has 0 saturated carbocycles. The molecule has 136 valence electrons. The highest BCUT2D eigenvalue weighted by atomic mass is 127. The second kappa shape index (κ2) is 12.8. The number of carbonyl (C=O) groups is 1. The van der Waals surface area contributed by atoms with Crippen molar-refractivity contribution >= 4 is 35.8 Å². The van der Waals surface area contributed by atoms with Gasteiger partial charge in [-0.2, -0.15) is 0 Å². The molecule has 0 aromatic carbocycles. The van der Waals surface area contributed by atoms with Crippen LogP contribution in [0.25, 0.3) is 0 Å². The van der Waals surface area contributed by atoms with E-state index in [1.54, 1.807) is 7.05 Å². The molecular weight excluding hydrogens is 405 g/mol. The summed E-state index contributed by atoms with van der Waals surface area (Å²) < 4.78 is 0. The van der Waals surface area contributed by atoms with Crippen LogP contribution in [0.15, 0.2) is 4.99 Å². The van der Waals surface area contributed by atoms with Gasteiger partial charge in [0.15, 0.2) is 5.96 Å². The molecule has 0 spiro atoms. The van der Waals surface area contributed by atoms with Crippen molar-refractivity contribution in [3.63, 3.8) is 0 Å². The molecule has 1 atom stereocenters. The Labute approximate surface area is 158 Å². The van der Waals surface area contributed by atoms with E-state index in [2.05, 4.69) is 34.4 Å². The number of halogens is 1. The zero-order chi connectivity index (χ0) is 16.4. The molecule has 6 nitrogen and oxygen atoms in total. The van der Waals surface area contributed by atoms with E-state index in [9.17, 15) is 4.79 Å². The van der Waals surface area contributed by atoms with Crippen LogP contribution in [0.3, 0.4) is 0 Å². The summed E-state index contributed by atoms with van der Waals surface area (Å²) in [6, 6.07) is 0. The van der Waals surface area contributed by atoms with E-state index in [0.29, 0.717) is 5.92 Å². The quantitative estimate of drug-likeness (QED) is 0.231. The highest BCUT2D eigenvalue weighted by Crippen LogP contribution is 2.15. The Hall–Kier alpha value is -0.570. The number of primary amides is 1. The maximum Gasteiger partial charge on any atom is 0.221 e. The van der Waals surface area contributed by atoms with Crippen LogP contribution in [0.5, 0.6) is 0 Å². The number of guanidine groups is 1. The van der Waals surface area contributed by atoms with Crippen molar-refractivity contribution in [2.45, 2.75) is 39.5 Å². The molecule has 1 fully saturated rings. The largest absolute Gasteiger partial charge is 0.369 e. The molecule has 0 radical (unpaired) electrons. The van der Waals surface area contributed by atoms with Crippen molar-refractivity contribution in [1.82, 2.24) is 15.5 Å². The second-order valence-electron chi connectivity index (χ2n) is 6.50. The van der Waals surface area contributed by atoms with Gasteiger partial charge < -0.3 is 21.3 Å². The molecule has 1 unspecified atom stereocenters. The van der Waals surface area contributed by atoms with Gasteiger partial charge in [-0.3, -0.25) is 9.79 Å². The molecular formula is C16H34IN5O. The number of carbonyl (C=O) groups excluding carboxylic acids is 1. The first-order valence-corrected chi connectivity index (χ1v) is 8.49. The van der Waals surface area contributed by atoms with E-state index in [-0.39, 0.29) is 35.8 Å². The fourth-order valence-corrected chi connectivity index (χ4v) is 2.70. The molecule has 1 aliphatic rings. The van der Waals surface area contributed by atoms with Gasteiger partial charge in [-0.15, -0.1) is 24.0 Å². The lowest BCUT2D eigenvalue weighted by Crippen LogP contribution is -2.43. The minimum absolute atomic E-state index is 0. The third-order valence-electron chi connectivity index (χ3n) is 4.09. The lowest BCUT2D eigenvalue weighted by Gasteiger charge is -2.31. The molecule has 1 heterocycles. The van der Waals surface area contributed by atoms with Crippen molar-refractivity contribution in [3.8, 4) is 0 Å². The summed E-state index contributed by atoms with van der Waals surface area (Å²) in [7, 11) is 1.80. The number of nitrogens with zero attached hydrogens (tertiary/aromatic N) is 2. The number of hydrogen-bond acceptors (Lipinski definition) is 3. The molecule has 0 aromatic rings. The SMILES string of the molecule is CN=C(NCCCN1CCCC(C(N)=O)C1)NCCC(C)C.I. The third-order valence-corrected chi connectivity index (χ3v) is 4.09. The number of rotatable bonds is 8. The Morgan fingerprint density at radius 2 is 2.04 bits per heavy atom. The van der Waals surface area contributed by atoms with Crippen LogP contribution in [0.4, 0.5) is 0 Å². The highest BCUT2D eigenvalue weighted by molar-refractivity contribution is 14.0. The monoisotopic (exact) mass is 439 g/mol. The molecule has 0 aliphatic carbocycles. The summed E-state index contributed by atoms with van der Waals surface area (Å²) >= 11 is 0. The van der Waals surface area contributed by atoms with Crippen molar-refractivity contribution in [2.75, 3.05) is 39.8 Å². The third kappa shape index (κ3) is 10.0. The van der Waals surface area contributed by atoms with E-state index >= 15 is 0 Å². The van der Waals surface area contributed by atoms with Gasteiger partial charge >= 0.3 is 0 Å². The van der Waals surface area contributed by atoms with Crippen LogP contribution in [-0.4, -0.2) is 56.5 Å². The lowest BCUT2D eigenvalue weighted by atomic mass is 9.97. The molecule has 1 rings (SSSR count). The molecule has 23 heavy (non-hydrogen) atoms. The first kappa shape index (κ1) is 22.4. The van der Waals surface area contributed by atoms with Gasteiger partial charge in [0.05, 0.1) is 5.92 Å². The van der Waals surface area contributed by atoms with Gasteiger partial charge in [0.2, 0.25) is 5.91 Å². The predicted molar refractivity (Wildman–Crippen MR) is 107 cm³/mol. The number of piperidine rings is 1. The van der Waals surface area contributed by atoms with Gasteiger partial charge in [-0.25, -0.2) is 0 Å². The van der Waals surface area contributed by atoms with Gasteiger partial charge in [0, 0.05) is 26.7 Å². The minimum Gasteiger partial charge on any atom is -0.369 e. The summed E-state index contributed by atoms with van der Waals surface area (Å²) in [4.78, 5) is 17.8. The zero-order valence-corrected chi connectivity index (χ0v) is 17.1. The average Bonchev–Trinajstić information content (AvgIpc) is 2.49. The summed E-state index contributed by atoms with van der Waals surface area (Å²) in [6.45, 7) is 9.16. The van der Waals surface area contributed by atoms with E-state index in [1.165, 1.54) is 0 Å². The van der Waals surface area contributed by atoms with Gasteiger partial charge in [0.1, 0.15) is 0 Å². The second-order valence-corrected chi connectivity index (χ2v) is 6.50. The molecule has 4 N–H and O–H groups in total. The van der Waals surface area contributed by atoms with Crippen molar-refractivity contribution in [3.05, 3.63) is 0 Å². The first-order chi connectivity index (χ1) is 10.5. The molecule has 0 bridgehead atoms. The molecule has 0 aromatic heterocycles. The number of amides is 1. The number of aliphatic imine (C=N–C) groups is 1. The summed E-state index contributed by atoms with van der Waals surface area (Å²) in [5.74, 6) is 1.45. The molecule has 1 amide bonds. The topological polar surface area (TPSA) is 82.8 Å². The smallest absolute Gasteiger partial charge is 0.221 e. The molecule has 1 aliphatic heterocycles. The highest BCUT2D eigenvalue weighted by Gasteiger charge is 2.23. The Morgan fingerprint density at radius 1 is 1.35 bits per heavy atom. The Balaban J connectivity index is 0.00000484. The number of nitrogens with one attached hydrogen (secondary N) is 2. The van der Waals surface area contributed by atoms with Crippen LogP contribution in [-0.2, 0) is 4.79 Å².